The summed E-state index contributed by atoms with van der Waals surface area (Å²) >= 11 is 0. The molecule has 31 heavy (non-hydrogen) atoms. The van der Waals surface area contributed by atoms with E-state index in [4.69, 9.17) is 4.74 Å². The molecule has 3 rings (SSSR count). The molecule has 0 aliphatic heterocycles. The Kier molecular flexibility index (Phi) is 6.13. The van der Waals surface area contributed by atoms with E-state index in [1.54, 1.807) is 18.2 Å². The van der Waals surface area contributed by atoms with Gasteiger partial charge in [0.05, 0.1) is 19.0 Å². The molecule has 0 radical (unpaired) electrons. The standard InChI is InChI=1S/C18H14F6N6O/c1-31-13-4-2-3-11(7-13)14-8-15(18(22,23)24)27-16(26-14)28-25-9-12-5-6-30(29-12)10-17(19,20)21/h2-9H,10H2,1H3,(H,26,27,28). The summed E-state index contributed by atoms with van der Waals surface area (Å²) in [6.07, 6.45) is -7.06. The molecule has 13 heteroatoms. The van der Waals surface area contributed by atoms with Gasteiger partial charge in [0, 0.05) is 11.8 Å². The SMILES string of the molecule is COc1cccc(-c2cc(C(F)(F)F)nc(NN=Cc3ccn(CC(F)(F)F)n3)n2)c1. The summed E-state index contributed by atoms with van der Waals surface area (Å²) in [7, 11) is 1.41. The second-order valence-electron chi connectivity index (χ2n) is 6.12. The lowest BCUT2D eigenvalue weighted by molar-refractivity contribution is -0.143. The van der Waals surface area contributed by atoms with Crippen molar-refractivity contribution in [2.24, 2.45) is 5.10 Å². The maximum absolute atomic E-state index is 13.2. The highest BCUT2D eigenvalue weighted by Crippen LogP contribution is 2.32. The van der Waals surface area contributed by atoms with E-state index >= 15 is 0 Å². The van der Waals surface area contributed by atoms with Gasteiger partial charge in [-0.05, 0) is 24.3 Å². The lowest BCUT2D eigenvalue weighted by atomic mass is 10.1. The third kappa shape index (κ3) is 6.17. The first-order chi connectivity index (χ1) is 14.5. The van der Waals surface area contributed by atoms with Gasteiger partial charge >= 0.3 is 12.4 Å². The third-order valence-corrected chi connectivity index (χ3v) is 3.75. The normalized spacial score (nSPS) is 12.4. The summed E-state index contributed by atoms with van der Waals surface area (Å²) in [6.45, 7) is -1.28. The molecule has 1 N–H and O–H groups in total. The molecular formula is C18H14F6N6O. The van der Waals surface area contributed by atoms with E-state index in [1.807, 2.05) is 0 Å². The van der Waals surface area contributed by atoms with Crippen molar-refractivity contribution in [1.82, 2.24) is 19.7 Å². The maximum Gasteiger partial charge on any atom is 0.433 e. The predicted molar refractivity (Wildman–Crippen MR) is 98.5 cm³/mol. The zero-order valence-corrected chi connectivity index (χ0v) is 15.7. The molecule has 0 unspecified atom stereocenters. The van der Waals surface area contributed by atoms with Gasteiger partial charge in [0.2, 0.25) is 5.95 Å². The summed E-state index contributed by atoms with van der Waals surface area (Å²) in [5.74, 6) is -0.0368. The summed E-state index contributed by atoms with van der Waals surface area (Å²) in [6, 6.07) is 8.30. The van der Waals surface area contributed by atoms with Crippen molar-refractivity contribution in [3.05, 3.63) is 54.0 Å². The summed E-state index contributed by atoms with van der Waals surface area (Å²) in [5.41, 5.74) is 1.42. The highest BCUT2D eigenvalue weighted by molar-refractivity contribution is 5.77. The zero-order valence-electron chi connectivity index (χ0n) is 15.7. The molecule has 0 bridgehead atoms. The number of nitrogens with zero attached hydrogens (tertiary/aromatic N) is 5. The molecule has 0 amide bonds. The molecule has 7 nitrogen and oxygen atoms in total. The minimum absolute atomic E-state index is 0.0339. The lowest BCUT2D eigenvalue weighted by Crippen LogP contribution is -2.18. The number of benzene rings is 1. The van der Waals surface area contributed by atoms with Crippen LogP contribution in [0.15, 0.2) is 47.7 Å². The van der Waals surface area contributed by atoms with Crippen molar-refractivity contribution >= 4 is 12.2 Å². The van der Waals surface area contributed by atoms with Gasteiger partial charge in [-0.2, -0.15) is 36.5 Å². The van der Waals surface area contributed by atoms with Crippen LogP contribution in [-0.2, 0) is 12.7 Å². The van der Waals surface area contributed by atoms with Crippen LogP contribution in [0.4, 0.5) is 32.3 Å². The van der Waals surface area contributed by atoms with Crippen LogP contribution in [-0.4, -0.2) is 39.2 Å². The Hall–Kier alpha value is -3.64. The highest BCUT2D eigenvalue weighted by Gasteiger charge is 2.34. The number of methoxy groups -OCH3 is 1. The molecule has 3 aromatic rings. The average Bonchev–Trinajstić information content (AvgIpc) is 3.12. The number of alkyl halides is 6. The van der Waals surface area contributed by atoms with Gasteiger partial charge in [-0.1, -0.05) is 12.1 Å². The smallest absolute Gasteiger partial charge is 0.433 e. The number of nitrogens with one attached hydrogen (secondary N) is 1. The molecule has 164 valence electrons. The number of ether oxygens (including phenoxy) is 1. The Morgan fingerprint density at radius 1 is 1.10 bits per heavy atom. The zero-order chi connectivity index (χ0) is 22.6. The van der Waals surface area contributed by atoms with Crippen molar-refractivity contribution in [1.29, 1.82) is 0 Å². The first kappa shape index (κ1) is 22.1. The van der Waals surface area contributed by atoms with E-state index in [9.17, 15) is 26.3 Å². The van der Waals surface area contributed by atoms with Crippen LogP contribution in [0, 0.1) is 0 Å². The van der Waals surface area contributed by atoms with E-state index in [0.717, 1.165) is 18.5 Å². The fourth-order valence-corrected chi connectivity index (χ4v) is 2.45. The molecule has 0 fully saturated rings. The van der Waals surface area contributed by atoms with Gasteiger partial charge in [-0.25, -0.2) is 15.4 Å². The van der Waals surface area contributed by atoms with Crippen LogP contribution < -0.4 is 10.2 Å². The summed E-state index contributed by atoms with van der Waals surface area (Å²) in [4.78, 5) is 7.40. The van der Waals surface area contributed by atoms with E-state index in [0.29, 0.717) is 16.0 Å². The number of rotatable bonds is 6. The first-order valence-corrected chi connectivity index (χ1v) is 8.53. The predicted octanol–water partition coefficient (Wildman–Crippen LogP) is 4.38. The van der Waals surface area contributed by atoms with Gasteiger partial charge in [0.1, 0.15) is 18.0 Å². The van der Waals surface area contributed by atoms with Crippen molar-refractivity contribution < 1.29 is 31.1 Å². The topological polar surface area (TPSA) is 77.2 Å². The molecule has 0 aliphatic rings. The van der Waals surface area contributed by atoms with E-state index in [1.165, 1.54) is 19.2 Å². The van der Waals surface area contributed by atoms with Crippen molar-refractivity contribution in [2.75, 3.05) is 12.5 Å². The van der Waals surface area contributed by atoms with Crippen LogP contribution in [0.3, 0.4) is 0 Å². The lowest BCUT2D eigenvalue weighted by Gasteiger charge is -2.10. The van der Waals surface area contributed by atoms with E-state index in [2.05, 4.69) is 25.6 Å². The Balaban J connectivity index is 1.84. The number of hydrogen-bond donors (Lipinski definition) is 1. The fourth-order valence-electron chi connectivity index (χ4n) is 2.45. The van der Waals surface area contributed by atoms with E-state index in [-0.39, 0.29) is 11.4 Å². The monoisotopic (exact) mass is 444 g/mol. The minimum atomic E-state index is -4.74. The van der Waals surface area contributed by atoms with Gasteiger partial charge < -0.3 is 4.74 Å². The van der Waals surface area contributed by atoms with Crippen LogP contribution >= 0.6 is 0 Å². The molecule has 2 heterocycles. The van der Waals surface area contributed by atoms with Crippen LogP contribution in [0.25, 0.3) is 11.3 Å². The van der Waals surface area contributed by atoms with Crippen molar-refractivity contribution in [2.45, 2.75) is 18.9 Å². The Morgan fingerprint density at radius 3 is 2.55 bits per heavy atom. The minimum Gasteiger partial charge on any atom is -0.497 e. The molecule has 0 saturated carbocycles. The molecule has 1 aromatic carbocycles. The first-order valence-electron chi connectivity index (χ1n) is 8.53. The molecule has 0 spiro atoms. The number of aromatic nitrogens is 4. The molecule has 0 saturated heterocycles. The third-order valence-electron chi connectivity index (χ3n) is 3.75. The van der Waals surface area contributed by atoms with Crippen LogP contribution in [0.5, 0.6) is 5.75 Å². The van der Waals surface area contributed by atoms with Gasteiger partial charge in [0.25, 0.3) is 0 Å². The maximum atomic E-state index is 13.2. The van der Waals surface area contributed by atoms with Gasteiger partial charge in [0.15, 0.2) is 5.69 Å². The fraction of sp³-hybridized carbons (Fsp3) is 0.222. The van der Waals surface area contributed by atoms with E-state index < -0.39 is 30.5 Å². The Morgan fingerprint density at radius 2 is 1.87 bits per heavy atom. The molecule has 2 aromatic heterocycles. The average molecular weight is 444 g/mol. The second-order valence-corrected chi connectivity index (χ2v) is 6.12. The Bertz CT molecular complexity index is 1080. The van der Waals surface area contributed by atoms with Crippen molar-refractivity contribution in [3.63, 3.8) is 0 Å². The Labute approximate surface area is 171 Å². The number of hydrazone groups is 1. The van der Waals surface area contributed by atoms with Crippen LogP contribution in [0.1, 0.15) is 11.4 Å². The largest absolute Gasteiger partial charge is 0.497 e. The van der Waals surface area contributed by atoms with Gasteiger partial charge in [-0.15, -0.1) is 0 Å². The molecule has 0 aliphatic carbocycles. The number of anilines is 1. The summed E-state index contributed by atoms with van der Waals surface area (Å²) in [5, 5.41) is 7.30. The highest BCUT2D eigenvalue weighted by atomic mass is 19.4. The van der Waals surface area contributed by atoms with Gasteiger partial charge in [-0.3, -0.25) is 4.68 Å². The number of halogens is 6. The second kappa shape index (κ2) is 8.62. The quantitative estimate of drug-likeness (QED) is 0.347. The number of hydrogen-bond acceptors (Lipinski definition) is 6. The summed E-state index contributed by atoms with van der Waals surface area (Å²) < 4.78 is 82.5. The van der Waals surface area contributed by atoms with Crippen LogP contribution in [0.2, 0.25) is 0 Å². The molecule has 0 atom stereocenters. The molecular weight excluding hydrogens is 430 g/mol. The van der Waals surface area contributed by atoms with Crippen molar-refractivity contribution in [3.8, 4) is 17.0 Å².